The van der Waals surface area contributed by atoms with E-state index in [0.29, 0.717) is 5.03 Å². The molecule has 0 N–H and O–H groups in total. The first-order valence-electron chi connectivity index (χ1n) is 4.07. The van der Waals surface area contributed by atoms with E-state index in [9.17, 15) is 13.2 Å². The largest absolute Gasteiger partial charge is 0.435 e. The van der Waals surface area contributed by atoms with E-state index in [2.05, 4.69) is 10.2 Å². The van der Waals surface area contributed by atoms with Crippen LogP contribution in [0.25, 0.3) is 0 Å². The summed E-state index contributed by atoms with van der Waals surface area (Å²) in [6.45, 7) is 1.99. The average Bonchev–Trinajstić information content (AvgIpc) is 2.14. The first-order chi connectivity index (χ1) is 6.54. The molecule has 0 atom stereocenters. The average molecular weight is 222 g/mol. The highest BCUT2D eigenvalue weighted by Gasteiger charge is 2.32. The lowest BCUT2D eigenvalue weighted by atomic mass is 10.4. The summed E-state index contributed by atoms with van der Waals surface area (Å²) < 4.78 is 36.2. The van der Waals surface area contributed by atoms with Gasteiger partial charge in [-0.1, -0.05) is 6.92 Å². The summed E-state index contributed by atoms with van der Waals surface area (Å²) in [5.74, 6) is 0.833. The standard InChI is InChI=1S/C8H9F3N2S/c1-2-5-14-7-4-3-6(12-13-7)8(9,10)11/h3-4H,2,5H2,1H3. The maximum atomic E-state index is 12.1. The molecule has 0 aliphatic rings. The van der Waals surface area contributed by atoms with Gasteiger partial charge in [-0.2, -0.15) is 13.2 Å². The second-order valence-electron chi connectivity index (χ2n) is 2.60. The van der Waals surface area contributed by atoms with Crippen LogP contribution in [0.3, 0.4) is 0 Å². The summed E-state index contributed by atoms with van der Waals surface area (Å²) in [5, 5.41) is 7.11. The summed E-state index contributed by atoms with van der Waals surface area (Å²) in [7, 11) is 0. The van der Waals surface area contributed by atoms with Crippen LogP contribution in [-0.4, -0.2) is 16.0 Å². The minimum Gasteiger partial charge on any atom is -0.164 e. The van der Waals surface area contributed by atoms with E-state index in [4.69, 9.17) is 0 Å². The van der Waals surface area contributed by atoms with Crippen LogP contribution in [0.4, 0.5) is 13.2 Å². The molecule has 6 heteroatoms. The maximum absolute atomic E-state index is 12.1. The molecular weight excluding hydrogens is 213 g/mol. The summed E-state index contributed by atoms with van der Waals surface area (Å²) in [6, 6.07) is 2.29. The summed E-state index contributed by atoms with van der Waals surface area (Å²) in [4.78, 5) is 0. The van der Waals surface area contributed by atoms with Gasteiger partial charge in [-0.3, -0.25) is 0 Å². The SMILES string of the molecule is CCCSc1ccc(C(F)(F)F)nn1. The molecule has 0 spiro atoms. The van der Waals surface area contributed by atoms with Crippen molar-refractivity contribution in [1.29, 1.82) is 0 Å². The minimum absolute atomic E-state index is 0.528. The zero-order chi connectivity index (χ0) is 10.6. The van der Waals surface area contributed by atoms with Gasteiger partial charge in [-0.15, -0.1) is 22.0 Å². The molecule has 0 unspecified atom stereocenters. The minimum atomic E-state index is -4.40. The van der Waals surface area contributed by atoms with Gasteiger partial charge in [0.25, 0.3) is 0 Å². The molecule has 0 saturated heterocycles. The lowest BCUT2D eigenvalue weighted by Gasteiger charge is -2.04. The third-order valence-electron chi connectivity index (χ3n) is 1.38. The highest BCUT2D eigenvalue weighted by Crippen LogP contribution is 2.27. The van der Waals surface area contributed by atoms with Gasteiger partial charge in [0.05, 0.1) is 0 Å². The summed E-state index contributed by atoms with van der Waals surface area (Å²) >= 11 is 1.40. The maximum Gasteiger partial charge on any atom is 0.435 e. The molecule has 1 aromatic heterocycles. The first kappa shape index (κ1) is 11.3. The van der Waals surface area contributed by atoms with E-state index in [1.165, 1.54) is 17.8 Å². The van der Waals surface area contributed by atoms with Gasteiger partial charge < -0.3 is 0 Å². The second kappa shape index (κ2) is 4.63. The number of rotatable bonds is 3. The van der Waals surface area contributed by atoms with E-state index in [1.54, 1.807) is 0 Å². The predicted molar refractivity (Wildman–Crippen MR) is 48.0 cm³/mol. The van der Waals surface area contributed by atoms with Crippen molar-refractivity contribution in [2.45, 2.75) is 24.5 Å². The van der Waals surface area contributed by atoms with Gasteiger partial charge in [0.1, 0.15) is 5.03 Å². The molecule has 0 aliphatic heterocycles. The van der Waals surface area contributed by atoms with Crippen LogP contribution in [-0.2, 0) is 6.18 Å². The van der Waals surface area contributed by atoms with Crippen molar-refractivity contribution in [3.05, 3.63) is 17.8 Å². The molecule has 0 fully saturated rings. The number of nitrogens with zero attached hydrogens (tertiary/aromatic N) is 2. The van der Waals surface area contributed by atoms with Crippen LogP contribution in [0.2, 0.25) is 0 Å². The van der Waals surface area contributed by atoms with Crippen LogP contribution in [0.1, 0.15) is 19.0 Å². The Hall–Kier alpha value is -0.780. The van der Waals surface area contributed by atoms with Gasteiger partial charge in [0.15, 0.2) is 5.69 Å². The molecule has 2 nitrogen and oxygen atoms in total. The Labute approximate surface area is 83.9 Å². The molecule has 0 saturated carbocycles. The number of thioether (sulfide) groups is 1. The predicted octanol–water partition coefficient (Wildman–Crippen LogP) is 3.00. The van der Waals surface area contributed by atoms with E-state index in [1.807, 2.05) is 6.92 Å². The molecule has 78 valence electrons. The quantitative estimate of drug-likeness (QED) is 0.735. The molecule has 1 aromatic rings. The topological polar surface area (TPSA) is 25.8 Å². The van der Waals surface area contributed by atoms with Gasteiger partial charge >= 0.3 is 6.18 Å². The molecule has 14 heavy (non-hydrogen) atoms. The molecule has 0 bridgehead atoms. The zero-order valence-electron chi connectivity index (χ0n) is 7.51. The third-order valence-corrected chi connectivity index (χ3v) is 2.51. The van der Waals surface area contributed by atoms with Crippen molar-refractivity contribution in [3.63, 3.8) is 0 Å². The van der Waals surface area contributed by atoms with Gasteiger partial charge in [0.2, 0.25) is 0 Å². The van der Waals surface area contributed by atoms with E-state index in [-0.39, 0.29) is 0 Å². The fourth-order valence-electron chi connectivity index (χ4n) is 0.755. The number of alkyl halides is 3. The van der Waals surface area contributed by atoms with Gasteiger partial charge in [0, 0.05) is 0 Å². The second-order valence-corrected chi connectivity index (χ2v) is 3.72. The Morgan fingerprint density at radius 2 is 2.00 bits per heavy atom. The summed E-state index contributed by atoms with van der Waals surface area (Å²) in [5.41, 5.74) is -0.946. The van der Waals surface area contributed by atoms with Crippen molar-refractivity contribution in [2.75, 3.05) is 5.75 Å². The molecule has 0 amide bonds. The van der Waals surface area contributed by atoms with Crippen LogP contribution in [0.15, 0.2) is 17.2 Å². The van der Waals surface area contributed by atoms with Crippen LogP contribution < -0.4 is 0 Å². The molecule has 1 rings (SSSR count). The zero-order valence-corrected chi connectivity index (χ0v) is 8.32. The van der Waals surface area contributed by atoms with E-state index < -0.39 is 11.9 Å². The Morgan fingerprint density at radius 1 is 1.29 bits per heavy atom. The van der Waals surface area contributed by atoms with E-state index in [0.717, 1.165) is 18.2 Å². The van der Waals surface area contributed by atoms with Crippen molar-refractivity contribution < 1.29 is 13.2 Å². The van der Waals surface area contributed by atoms with Crippen molar-refractivity contribution >= 4 is 11.8 Å². The third kappa shape index (κ3) is 3.17. The highest BCUT2D eigenvalue weighted by molar-refractivity contribution is 7.99. The Kier molecular flexibility index (Phi) is 3.74. The first-order valence-corrected chi connectivity index (χ1v) is 5.06. The van der Waals surface area contributed by atoms with Crippen molar-refractivity contribution in [2.24, 2.45) is 0 Å². The number of halogens is 3. The van der Waals surface area contributed by atoms with Gasteiger partial charge in [-0.05, 0) is 24.3 Å². The van der Waals surface area contributed by atoms with Crippen LogP contribution in [0.5, 0.6) is 0 Å². The lowest BCUT2D eigenvalue weighted by Crippen LogP contribution is -2.08. The number of hydrogen-bond acceptors (Lipinski definition) is 3. The highest BCUT2D eigenvalue weighted by atomic mass is 32.2. The van der Waals surface area contributed by atoms with Crippen LogP contribution in [0, 0.1) is 0 Å². The molecule has 0 radical (unpaired) electrons. The fourth-order valence-corrected chi connectivity index (χ4v) is 1.43. The van der Waals surface area contributed by atoms with E-state index >= 15 is 0 Å². The fraction of sp³-hybridized carbons (Fsp3) is 0.500. The normalized spacial score (nSPS) is 11.7. The molecule has 1 heterocycles. The number of hydrogen-bond donors (Lipinski definition) is 0. The van der Waals surface area contributed by atoms with Crippen molar-refractivity contribution in [3.8, 4) is 0 Å². The lowest BCUT2D eigenvalue weighted by molar-refractivity contribution is -0.141. The Bertz CT molecular complexity index is 284. The van der Waals surface area contributed by atoms with Crippen molar-refractivity contribution in [1.82, 2.24) is 10.2 Å². The molecule has 0 aromatic carbocycles. The monoisotopic (exact) mass is 222 g/mol. The Balaban J connectivity index is 2.69. The molecular formula is C8H9F3N2S. The number of aromatic nitrogens is 2. The van der Waals surface area contributed by atoms with Gasteiger partial charge in [-0.25, -0.2) is 0 Å². The van der Waals surface area contributed by atoms with Crippen LogP contribution >= 0.6 is 11.8 Å². The smallest absolute Gasteiger partial charge is 0.164 e. The Morgan fingerprint density at radius 3 is 2.43 bits per heavy atom. The molecule has 0 aliphatic carbocycles. The summed E-state index contributed by atoms with van der Waals surface area (Å²) in [6.07, 6.45) is -3.45.